The van der Waals surface area contributed by atoms with E-state index >= 15 is 0 Å². The number of hydrogen-bond donors (Lipinski definition) is 2. The lowest BCUT2D eigenvalue weighted by Gasteiger charge is -2.31. The van der Waals surface area contributed by atoms with Crippen molar-refractivity contribution in [1.29, 1.82) is 0 Å². The zero-order valence-electron chi connectivity index (χ0n) is 17.8. The maximum Gasteiger partial charge on any atom is 0.408 e. The van der Waals surface area contributed by atoms with Gasteiger partial charge in [-0.3, -0.25) is 0 Å². The van der Waals surface area contributed by atoms with Gasteiger partial charge in [-0.2, -0.15) is 0 Å². The van der Waals surface area contributed by atoms with E-state index in [0.29, 0.717) is 17.1 Å². The molecule has 1 aromatic rings. The summed E-state index contributed by atoms with van der Waals surface area (Å²) in [7, 11) is 3.04. The number of rotatable bonds is 8. The average molecular weight is 397 g/mol. The molecule has 0 bridgehead atoms. The second-order valence-corrected chi connectivity index (χ2v) is 7.90. The monoisotopic (exact) mass is 397 g/mol. The van der Waals surface area contributed by atoms with Crippen molar-refractivity contribution in [1.82, 2.24) is 5.32 Å². The zero-order valence-corrected chi connectivity index (χ0v) is 17.8. The third-order valence-electron chi connectivity index (χ3n) is 3.94. The number of carboxylic acid groups (broad SMARTS) is 1. The van der Waals surface area contributed by atoms with Crippen LogP contribution >= 0.6 is 0 Å². The first-order chi connectivity index (χ1) is 12.8. The Bertz CT molecular complexity index is 672. The normalized spacial score (nSPS) is 14.0. The quantitative estimate of drug-likeness (QED) is 0.693. The average Bonchev–Trinajstić information content (AvgIpc) is 2.56. The van der Waals surface area contributed by atoms with E-state index in [2.05, 4.69) is 5.32 Å². The lowest BCUT2D eigenvalue weighted by molar-refractivity contribution is -0.147. The van der Waals surface area contributed by atoms with Gasteiger partial charge in [0.25, 0.3) is 0 Å². The van der Waals surface area contributed by atoms with Crippen molar-refractivity contribution in [3.63, 3.8) is 0 Å². The summed E-state index contributed by atoms with van der Waals surface area (Å²) < 4.78 is 21.6. The molecular weight excluding hydrogens is 366 g/mol. The number of hydrogen-bond acceptors (Lipinski definition) is 6. The number of benzene rings is 1. The second-order valence-electron chi connectivity index (χ2n) is 7.90. The molecule has 8 nitrogen and oxygen atoms in total. The zero-order chi connectivity index (χ0) is 21.7. The molecule has 0 aliphatic carbocycles. The van der Waals surface area contributed by atoms with Gasteiger partial charge in [0.1, 0.15) is 17.1 Å². The minimum atomic E-state index is -1.26. The van der Waals surface area contributed by atoms with Crippen LogP contribution in [0.3, 0.4) is 0 Å². The van der Waals surface area contributed by atoms with Gasteiger partial charge in [-0.15, -0.1) is 0 Å². The summed E-state index contributed by atoms with van der Waals surface area (Å²) in [6.45, 7) is 10.4. The highest BCUT2D eigenvalue weighted by Crippen LogP contribution is 2.32. The van der Waals surface area contributed by atoms with E-state index in [1.54, 1.807) is 59.7 Å². The first-order valence-corrected chi connectivity index (χ1v) is 8.92. The molecule has 2 N–H and O–H groups in total. The van der Waals surface area contributed by atoms with Crippen molar-refractivity contribution in [3.8, 4) is 11.5 Å². The predicted molar refractivity (Wildman–Crippen MR) is 104 cm³/mol. The van der Waals surface area contributed by atoms with E-state index in [9.17, 15) is 14.7 Å². The van der Waals surface area contributed by atoms with Gasteiger partial charge in [0, 0.05) is 11.6 Å². The highest BCUT2D eigenvalue weighted by Gasteiger charge is 2.33. The lowest BCUT2D eigenvalue weighted by atomic mass is 9.97. The molecular formula is C20H31NO7. The molecule has 0 radical (unpaired) electrons. The number of methoxy groups -OCH3 is 2. The van der Waals surface area contributed by atoms with Crippen LogP contribution in [0.2, 0.25) is 0 Å². The number of alkyl carbamates (subject to hydrolysis) is 1. The van der Waals surface area contributed by atoms with Gasteiger partial charge in [-0.1, -0.05) is 0 Å². The van der Waals surface area contributed by atoms with Crippen LogP contribution in [0.1, 0.15) is 47.1 Å². The molecule has 0 heterocycles. The Balaban J connectivity index is 2.96. The highest BCUT2D eigenvalue weighted by molar-refractivity contribution is 5.80. The van der Waals surface area contributed by atoms with Crippen molar-refractivity contribution >= 4 is 12.1 Å². The number of amides is 1. The molecule has 0 aliphatic heterocycles. The molecule has 1 rings (SSSR count). The van der Waals surface area contributed by atoms with Gasteiger partial charge in [0.15, 0.2) is 6.04 Å². The van der Waals surface area contributed by atoms with Gasteiger partial charge in [0.05, 0.1) is 25.9 Å². The summed E-state index contributed by atoms with van der Waals surface area (Å²) in [5, 5.41) is 11.8. The van der Waals surface area contributed by atoms with Crippen molar-refractivity contribution in [2.45, 2.75) is 64.9 Å². The Morgan fingerprint density at radius 2 is 1.50 bits per heavy atom. The molecule has 0 aliphatic rings. The van der Waals surface area contributed by atoms with Crippen LogP contribution in [0.25, 0.3) is 0 Å². The first kappa shape index (κ1) is 23.6. The van der Waals surface area contributed by atoms with Crippen LogP contribution in [0.5, 0.6) is 11.5 Å². The van der Waals surface area contributed by atoms with E-state index in [4.69, 9.17) is 18.9 Å². The molecule has 158 valence electrons. The van der Waals surface area contributed by atoms with Crippen LogP contribution in [-0.4, -0.2) is 49.1 Å². The topological polar surface area (TPSA) is 103 Å². The lowest BCUT2D eigenvalue weighted by Crippen LogP contribution is -2.51. The van der Waals surface area contributed by atoms with E-state index in [1.165, 1.54) is 14.2 Å². The number of aliphatic carboxylic acids is 1. The summed E-state index contributed by atoms with van der Waals surface area (Å²) >= 11 is 0. The third-order valence-corrected chi connectivity index (χ3v) is 3.94. The number of ether oxygens (including phenoxy) is 4. The van der Waals surface area contributed by atoms with Gasteiger partial charge < -0.3 is 29.4 Å². The second kappa shape index (κ2) is 9.14. The van der Waals surface area contributed by atoms with Gasteiger partial charge in [-0.25, -0.2) is 9.59 Å². The van der Waals surface area contributed by atoms with Crippen LogP contribution in [0.15, 0.2) is 18.2 Å². The highest BCUT2D eigenvalue weighted by atomic mass is 16.6. The molecule has 2 atom stereocenters. The van der Waals surface area contributed by atoms with Crippen molar-refractivity contribution in [3.05, 3.63) is 23.8 Å². The smallest absolute Gasteiger partial charge is 0.408 e. The number of carbonyl (C=O) groups excluding carboxylic acids is 1. The van der Waals surface area contributed by atoms with E-state index < -0.39 is 35.4 Å². The van der Waals surface area contributed by atoms with Crippen LogP contribution in [0.4, 0.5) is 4.79 Å². The SMILES string of the molecule is COc1cc(OC)cc(C(C)(C)OC(=O)NC(C(=O)O)C(C)OC(C)(C)C)c1. The minimum absolute atomic E-state index is 0.544. The fraction of sp³-hybridized carbons (Fsp3) is 0.600. The summed E-state index contributed by atoms with van der Waals surface area (Å²) in [4.78, 5) is 24.0. The fourth-order valence-corrected chi connectivity index (χ4v) is 2.61. The Labute approximate surface area is 166 Å². The number of carbonyl (C=O) groups is 2. The molecule has 8 heteroatoms. The standard InChI is InChI=1S/C20H31NO7/c1-12(27-19(2,3)4)16(17(22)23)21-18(24)28-20(5,6)13-9-14(25-7)11-15(10-13)26-8/h9-12,16H,1-8H3,(H,21,24)(H,22,23). The number of nitrogens with one attached hydrogen (secondary N) is 1. The molecule has 0 saturated heterocycles. The Kier molecular flexibility index (Phi) is 7.69. The largest absolute Gasteiger partial charge is 0.497 e. The van der Waals surface area contributed by atoms with Crippen molar-refractivity contribution in [2.24, 2.45) is 0 Å². The van der Waals surface area contributed by atoms with E-state index in [1.807, 2.05) is 0 Å². The van der Waals surface area contributed by atoms with Gasteiger partial charge >= 0.3 is 12.1 Å². The van der Waals surface area contributed by atoms with Crippen LogP contribution < -0.4 is 14.8 Å². The molecule has 0 fully saturated rings. The Morgan fingerprint density at radius 3 is 1.89 bits per heavy atom. The van der Waals surface area contributed by atoms with Crippen LogP contribution in [0, 0.1) is 0 Å². The maximum absolute atomic E-state index is 12.4. The molecule has 1 aromatic carbocycles. The fourth-order valence-electron chi connectivity index (χ4n) is 2.61. The van der Waals surface area contributed by atoms with Crippen molar-refractivity contribution < 1.29 is 33.6 Å². The third kappa shape index (κ3) is 6.92. The Hall–Kier alpha value is -2.48. The minimum Gasteiger partial charge on any atom is -0.497 e. The maximum atomic E-state index is 12.4. The predicted octanol–water partition coefficient (Wildman–Crippen LogP) is 3.32. The summed E-state index contributed by atoms with van der Waals surface area (Å²) in [6, 6.07) is 3.87. The summed E-state index contributed by atoms with van der Waals surface area (Å²) in [6.07, 6.45) is -1.63. The molecule has 2 unspecified atom stereocenters. The Morgan fingerprint density at radius 1 is 1.00 bits per heavy atom. The molecule has 1 amide bonds. The van der Waals surface area contributed by atoms with Crippen molar-refractivity contribution in [2.75, 3.05) is 14.2 Å². The molecule has 0 saturated carbocycles. The van der Waals surface area contributed by atoms with E-state index in [0.717, 1.165) is 0 Å². The summed E-state index contributed by atoms with van der Waals surface area (Å²) in [5.74, 6) is -0.126. The van der Waals surface area contributed by atoms with Gasteiger partial charge in [-0.05, 0) is 53.7 Å². The molecule has 0 spiro atoms. The van der Waals surface area contributed by atoms with Gasteiger partial charge in [0.2, 0.25) is 0 Å². The molecule has 28 heavy (non-hydrogen) atoms. The molecule has 0 aromatic heterocycles. The number of carboxylic acids is 1. The van der Waals surface area contributed by atoms with Crippen LogP contribution in [-0.2, 0) is 19.9 Å². The summed E-state index contributed by atoms with van der Waals surface area (Å²) in [5.41, 5.74) is -0.997. The van der Waals surface area contributed by atoms with E-state index in [-0.39, 0.29) is 0 Å². The first-order valence-electron chi connectivity index (χ1n) is 8.92.